The van der Waals surface area contributed by atoms with Crippen LogP contribution < -0.4 is 10.5 Å². The summed E-state index contributed by atoms with van der Waals surface area (Å²) in [7, 11) is 1.56. The van der Waals surface area contributed by atoms with E-state index >= 15 is 0 Å². The van der Waals surface area contributed by atoms with Gasteiger partial charge < -0.3 is 10.5 Å². The van der Waals surface area contributed by atoms with Crippen molar-refractivity contribution in [1.82, 2.24) is 4.98 Å². The van der Waals surface area contributed by atoms with E-state index in [2.05, 4.69) is 4.98 Å². The van der Waals surface area contributed by atoms with Gasteiger partial charge in [-0.05, 0) is 30.0 Å². The van der Waals surface area contributed by atoms with Crippen LogP contribution in [0, 0.1) is 17.6 Å². The number of hydrogen-bond donors (Lipinski definition) is 1. The first kappa shape index (κ1) is 15.9. The van der Waals surface area contributed by atoms with Crippen LogP contribution in [0.2, 0.25) is 0 Å². The molecule has 1 aliphatic carbocycles. The standard InChI is InChI=1S/C18H20F2N2O/c1-3-12-8-11-6-7-22-17(23-2)14(11)10-18(12,21)15-5-4-13(19)9-16(15)20/h4-7,9,12H,3,8,10,21H2,1-2H3/t12-,18+/m1/s1. The SMILES string of the molecule is CC[C@@H]1Cc2ccnc(OC)c2C[C@@]1(N)c1ccc(F)cc1F. The van der Waals surface area contributed by atoms with Crippen molar-refractivity contribution in [2.24, 2.45) is 11.7 Å². The van der Waals surface area contributed by atoms with Crippen molar-refractivity contribution in [3.63, 3.8) is 0 Å². The summed E-state index contributed by atoms with van der Waals surface area (Å²) < 4.78 is 33.0. The Labute approximate surface area is 134 Å². The summed E-state index contributed by atoms with van der Waals surface area (Å²) in [6, 6.07) is 5.57. The number of halogens is 2. The molecule has 0 saturated heterocycles. The second-order valence-corrected chi connectivity index (χ2v) is 6.11. The molecule has 0 saturated carbocycles. The van der Waals surface area contributed by atoms with Crippen LogP contribution in [0.15, 0.2) is 30.5 Å². The molecule has 122 valence electrons. The Balaban J connectivity index is 2.13. The van der Waals surface area contributed by atoms with E-state index in [1.807, 2.05) is 13.0 Å². The Kier molecular flexibility index (Phi) is 4.06. The Morgan fingerprint density at radius 1 is 1.35 bits per heavy atom. The zero-order valence-corrected chi connectivity index (χ0v) is 13.3. The van der Waals surface area contributed by atoms with Crippen molar-refractivity contribution in [3.05, 3.63) is 58.8 Å². The molecule has 0 unspecified atom stereocenters. The van der Waals surface area contributed by atoms with E-state index in [0.29, 0.717) is 17.9 Å². The van der Waals surface area contributed by atoms with Gasteiger partial charge >= 0.3 is 0 Å². The van der Waals surface area contributed by atoms with Crippen molar-refractivity contribution >= 4 is 0 Å². The summed E-state index contributed by atoms with van der Waals surface area (Å²) in [5.74, 6) is -0.618. The summed E-state index contributed by atoms with van der Waals surface area (Å²) >= 11 is 0. The molecule has 2 aromatic rings. The Morgan fingerprint density at radius 3 is 2.78 bits per heavy atom. The van der Waals surface area contributed by atoms with Crippen molar-refractivity contribution < 1.29 is 13.5 Å². The quantitative estimate of drug-likeness (QED) is 0.944. The summed E-state index contributed by atoms with van der Waals surface area (Å²) in [6.07, 6.45) is 3.65. The average molecular weight is 318 g/mol. The maximum absolute atomic E-state index is 14.4. The van der Waals surface area contributed by atoms with Crippen LogP contribution in [0.3, 0.4) is 0 Å². The number of nitrogens with two attached hydrogens (primary N) is 1. The van der Waals surface area contributed by atoms with E-state index in [4.69, 9.17) is 10.5 Å². The molecule has 0 fully saturated rings. The third kappa shape index (κ3) is 2.59. The molecule has 0 aliphatic heterocycles. The van der Waals surface area contributed by atoms with E-state index in [1.165, 1.54) is 12.1 Å². The van der Waals surface area contributed by atoms with Gasteiger partial charge in [0.1, 0.15) is 11.6 Å². The molecule has 0 amide bonds. The molecule has 0 bridgehead atoms. The lowest BCUT2D eigenvalue weighted by molar-refractivity contribution is 0.231. The number of nitrogens with zero attached hydrogens (tertiary/aromatic N) is 1. The predicted molar refractivity (Wildman–Crippen MR) is 84.2 cm³/mol. The van der Waals surface area contributed by atoms with Gasteiger partial charge in [0.2, 0.25) is 5.88 Å². The number of rotatable bonds is 3. The lowest BCUT2D eigenvalue weighted by Crippen LogP contribution is -2.50. The summed E-state index contributed by atoms with van der Waals surface area (Å²) in [5, 5.41) is 0. The molecular formula is C18H20F2N2O. The van der Waals surface area contributed by atoms with Crippen LogP contribution in [0.4, 0.5) is 8.78 Å². The second kappa shape index (κ2) is 5.89. The van der Waals surface area contributed by atoms with Crippen molar-refractivity contribution in [2.45, 2.75) is 31.7 Å². The minimum atomic E-state index is -0.907. The van der Waals surface area contributed by atoms with E-state index in [0.717, 1.165) is 30.0 Å². The van der Waals surface area contributed by atoms with Gasteiger partial charge in [0.15, 0.2) is 0 Å². The fourth-order valence-electron chi connectivity index (χ4n) is 3.64. The summed E-state index contributed by atoms with van der Waals surface area (Å²) in [6.45, 7) is 2.04. The molecule has 1 aromatic carbocycles. The minimum Gasteiger partial charge on any atom is -0.481 e. The average Bonchev–Trinajstić information content (AvgIpc) is 2.53. The Hall–Kier alpha value is -2.01. The van der Waals surface area contributed by atoms with Gasteiger partial charge in [0.05, 0.1) is 12.6 Å². The zero-order valence-electron chi connectivity index (χ0n) is 13.3. The lowest BCUT2D eigenvalue weighted by Gasteiger charge is -2.42. The first-order chi connectivity index (χ1) is 11.0. The number of methoxy groups -OCH3 is 1. The molecule has 3 nitrogen and oxygen atoms in total. The van der Waals surface area contributed by atoms with Gasteiger partial charge in [-0.3, -0.25) is 0 Å². The Morgan fingerprint density at radius 2 is 2.13 bits per heavy atom. The maximum atomic E-state index is 14.4. The van der Waals surface area contributed by atoms with Gasteiger partial charge in [-0.1, -0.05) is 19.4 Å². The highest BCUT2D eigenvalue weighted by Gasteiger charge is 2.42. The van der Waals surface area contributed by atoms with Crippen molar-refractivity contribution in [1.29, 1.82) is 0 Å². The number of aromatic nitrogens is 1. The predicted octanol–water partition coefficient (Wildman–Crippen LogP) is 3.35. The molecule has 2 atom stereocenters. The van der Waals surface area contributed by atoms with E-state index in [-0.39, 0.29) is 5.92 Å². The molecule has 23 heavy (non-hydrogen) atoms. The topological polar surface area (TPSA) is 48.1 Å². The van der Waals surface area contributed by atoms with Crippen LogP contribution in [0.25, 0.3) is 0 Å². The normalized spacial score (nSPS) is 23.4. The van der Waals surface area contributed by atoms with Crippen LogP contribution >= 0.6 is 0 Å². The monoisotopic (exact) mass is 318 g/mol. The maximum Gasteiger partial charge on any atom is 0.216 e. The zero-order chi connectivity index (χ0) is 16.6. The third-order valence-corrected chi connectivity index (χ3v) is 4.90. The highest BCUT2D eigenvalue weighted by atomic mass is 19.1. The van der Waals surface area contributed by atoms with Gasteiger partial charge in [-0.25, -0.2) is 13.8 Å². The minimum absolute atomic E-state index is 0.0575. The van der Waals surface area contributed by atoms with Gasteiger partial charge in [-0.2, -0.15) is 0 Å². The number of fused-ring (bicyclic) bond motifs is 1. The highest BCUT2D eigenvalue weighted by molar-refractivity contribution is 5.42. The summed E-state index contributed by atoms with van der Waals surface area (Å²) in [5.41, 5.74) is 8.16. The molecule has 0 spiro atoms. The fourth-order valence-corrected chi connectivity index (χ4v) is 3.64. The summed E-state index contributed by atoms with van der Waals surface area (Å²) in [4.78, 5) is 4.23. The first-order valence-corrected chi connectivity index (χ1v) is 7.74. The number of benzene rings is 1. The van der Waals surface area contributed by atoms with Crippen LogP contribution in [0.1, 0.15) is 30.0 Å². The second-order valence-electron chi connectivity index (χ2n) is 6.11. The molecule has 0 radical (unpaired) electrons. The van der Waals surface area contributed by atoms with E-state index < -0.39 is 17.2 Å². The lowest BCUT2D eigenvalue weighted by atomic mass is 9.66. The van der Waals surface area contributed by atoms with Crippen LogP contribution in [-0.2, 0) is 18.4 Å². The van der Waals surface area contributed by atoms with E-state index in [9.17, 15) is 8.78 Å². The largest absolute Gasteiger partial charge is 0.481 e. The molecule has 2 N–H and O–H groups in total. The fraction of sp³-hybridized carbons (Fsp3) is 0.389. The molecule has 1 heterocycles. The van der Waals surface area contributed by atoms with E-state index in [1.54, 1.807) is 13.3 Å². The highest BCUT2D eigenvalue weighted by Crippen LogP contribution is 2.43. The molecule has 5 heteroatoms. The molecule has 1 aliphatic rings. The van der Waals surface area contributed by atoms with Gasteiger partial charge in [-0.15, -0.1) is 0 Å². The first-order valence-electron chi connectivity index (χ1n) is 7.74. The molecular weight excluding hydrogens is 298 g/mol. The number of pyridine rings is 1. The molecule has 3 rings (SSSR count). The van der Waals surface area contributed by atoms with Crippen molar-refractivity contribution in [2.75, 3.05) is 7.11 Å². The van der Waals surface area contributed by atoms with Gasteiger partial charge in [0, 0.05) is 29.8 Å². The van der Waals surface area contributed by atoms with Gasteiger partial charge in [0.25, 0.3) is 0 Å². The smallest absolute Gasteiger partial charge is 0.216 e. The number of hydrogen-bond acceptors (Lipinski definition) is 3. The van der Waals surface area contributed by atoms with Crippen LogP contribution in [0.5, 0.6) is 5.88 Å². The van der Waals surface area contributed by atoms with Crippen LogP contribution in [-0.4, -0.2) is 12.1 Å². The number of ether oxygens (including phenoxy) is 1. The third-order valence-electron chi connectivity index (χ3n) is 4.90. The van der Waals surface area contributed by atoms with Crippen molar-refractivity contribution in [3.8, 4) is 5.88 Å². The molecule has 1 aromatic heterocycles. The Bertz CT molecular complexity index is 735.